The zero-order chi connectivity index (χ0) is 20.4. The molecule has 6 heteroatoms. The molecule has 2 aromatic carbocycles. The number of guanidine groups is 1. The van der Waals surface area contributed by atoms with Gasteiger partial charge in [-0.3, -0.25) is 4.79 Å². The van der Waals surface area contributed by atoms with Crippen LogP contribution < -0.4 is 10.6 Å². The molecule has 0 unspecified atom stereocenters. The van der Waals surface area contributed by atoms with Gasteiger partial charge in [-0.15, -0.1) is 0 Å². The van der Waals surface area contributed by atoms with Crippen molar-refractivity contribution >= 4 is 23.5 Å². The van der Waals surface area contributed by atoms with Crippen LogP contribution in [0, 0.1) is 0 Å². The van der Waals surface area contributed by atoms with Crippen LogP contribution in [0.4, 0.5) is 0 Å². The Morgan fingerprint density at radius 1 is 0.929 bits per heavy atom. The topological polar surface area (TPSA) is 56.7 Å². The largest absolute Gasteiger partial charge is 0.357 e. The molecule has 0 radical (unpaired) electrons. The van der Waals surface area contributed by atoms with Gasteiger partial charge in [-0.1, -0.05) is 35.9 Å². The zero-order valence-corrected chi connectivity index (χ0v) is 17.6. The highest BCUT2D eigenvalue weighted by Gasteiger charge is 2.11. The minimum Gasteiger partial charge on any atom is -0.357 e. The summed E-state index contributed by atoms with van der Waals surface area (Å²) in [5.74, 6) is 0.818. The summed E-state index contributed by atoms with van der Waals surface area (Å²) in [4.78, 5) is 18.8. The summed E-state index contributed by atoms with van der Waals surface area (Å²) in [5, 5.41) is 7.30. The zero-order valence-electron chi connectivity index (χ0n) is 16.8. The minimum atomic E-state index is 0.0676. The van der Waals surface area contributed by atoms with Crippen LogP contribution in [-0.4, -0.2) is 36.4 Å². The molecule has 0 spiro atoms. The van der Waals surface area contributed by atoms with Gasteiger partial charge in [0.2, 0.25) is 0 Å². The molecule has 150 valence electrons. The van der Waals surface area contributed by atoms with Crippen molar-refractivity contribution in [2.24, 2.45) is 4.99 Å². The van der Waals surface area contributed by atoms with E-state index in [2.05, 4.69) is 15.6 Å². The van der Waals surface area contributed by atoms with Crippen LogP contribution in [0.15, 0.2) is 53.5 Å². The highest BCUT2D eigenvalue weighted by Crippen LogP contribution is 2.10. The van der Waals surface area contributed by atoms with E-state index in [-0.39, 0.29) is 5.91 Å². The number of hydrogen-bond acceptors (Lipinski definition) is 2. The van der Waals surface area contributed by atoms with Crippen LogP contribution in [0.5, 0.6) is 0 Å². The van der Waals surface area contributed by atoms with E-state index in [1.54, 1.807) is 0 Å². The Hall–Kier alpha value is -2.53. The second-order valence-corrected chi connectivity index (χ2v) is 6.79. The van der Waals surface area contributed by atoms with Gasteiger partial charge in [-0.2, -0.15) is 0 Å². The van der Waals surface area contributed by atoms with Gasteiger partial charge < -0.3 is 15.5 Å². The maximum Gasteiger partial charge on any atom is 0.253 e. The Kier molecular flexibility index (Phi) is 8.82. The van der Waals surface area contributed by atoms with Gasteiger partial charge in [0.25, 0.3) is 5.91 Å². The number of amides is 1. The molecule has 0 fully saturated rings. The summed E-state index contributed by atoms with van der Waals surface area (Å²) >= 11 is 5.93. The van der Waals surface area contributed by atoms with Gasteiger partial charge in [0.05, 0.1) is 6.54 Å². The fraction of sp³-hybridized carbons (Fsp3) is 0.364. The molecule has 5 nitrogen and oxygen atoms in total. The Morgan fingerprint density at radius 2 is 1.54 bits per heavy atom. The van der Waals surface area contributed by atoms with Crippen LogP contribution in [0.1, 0.15) is 42.3 Å². The van der Waals surface area contributed by atoms with Gasteiger partial charge >= 0.3 is 0 Å². The second-order valence-electron chi connectivity index (χ2n) is 6.35. The molecular formula is C22H29ClN4O. The number of aliphatic imine (C=N–C) groups is 1. The first-order valence-corrected chi connectivity index (χ1v) is 10.1. The van der Waals surface area contributed by atoms with E-state index in [1.165, 1.54) is 0 Å². The van der Waals surface area contributed by atoms with E-state index in [4.69, 9.17) is 11.6 Å². The van der Waals surface area contributed by atoms with E-state index in [0.717, 1.165) is 28.7 Å². The minimum absolute atomic E-state index is 0.0676. The van der Waals surface area contributed by atoms with Crippen LogP contribution in [0.25, 0.3) is 0 Å². The number of benzene rings is 2. The molecular weight excluding hydrogens is 372 g/mol. The summed E-state index contributed by atoms with van der Waals surface area (Å²) in [6.45, 7) is 9.43. The lowest BCUT2D eigenvalue weighted by molar-refractivity contribution is 0.0773. The van der Waals surface area contributed by atoms with E-state index in [9.17, 15) is 4.79 Å². The number of nitrogens with one attached hydrogen (secondary N) is 2. The van der Waals surface area contributed by atoms with Gasteiger partial charge in [-0.25, -0.2) is 4.99 Å². The van der Waals surface area contributed by atoms with Crippen molar-refractivity contribution in [1.29, 1.82) is 0 Å². The van der Waals surface area contributed by atoms with E-state index >= 15 is 0 Å². The van der Waals surface area contributed by atoms with Crippen LogP contribution >= 0.6 is 11.6 Å². The highest BCUT2D eigenvalue weighted by atomic mass is 35.5. The number of nitrogens with zero attached hydrogens (tertiary/aromatic N) is 2. The average molecular weight is 401 g/mol. The van der Waals surface area contributed by atoms with E-state index in [1.807, 2.05) is 74.2 Å². The molecule has 0 saturated carbocycles. The Morgan fingerprint density at radius 3 is 2.11 bits per heavy atom. The molecule has 2 N–H and O–H groups in total. The Labute approximate surface area is 172 Å². The monoisotopic (exact) mass is 400 g/mol. The molecule has 0 heterocycles. The first kappa shape index (κ1) is 21.8. The summed E-state index contributed by atoms with van der Waals surface area (Å²) in [7, 11) is 0. The fourth-order valence-electron chi connectivity index (χ4n) is 2.75. The van der Waals surface area contributed by atoms with Gasteiger partial charge in [-0.05, 0) is 56.2 Å². The SMILES string of the molecule is CCNC(=NCc1ccc(C(=O)N(CC)CC)cc1)NCc1ccc(Cl)cc1. The number of hydrogen-bond donors (Lipinski definition) is 2. The number of rotatable bonds is 8. The van der Waals surface area contributed by atoms with Crippen molar-refractivity contribution in [1.82, 2.24) is 15.5 Å². The van der Waals surface area contributed by atoms with Gasteiger partial charge in [0.1, 0.15) is 0 Å². The molecule has 2 aromatic rings. The first-order valence-electron chi connectivity index (χ1n) is 9.72. The van der Waals surface area contributed by atoms with Crippen LogP contribution in [0.2, 0.25) is 5.02 Å². The number of carbonyl (C=O) groups excluding carboxylic acids is 1. The normalized spacial score (nSPS) is 11.2. The van der Waals surface area contributed by atoms with Gasteiger partial charge in [0, 0.05) is 36.8 Å². The van der Waals surface area contributed by atoms with Crippen molar-refractivity contribution in [3.8, 4) is 0 Å². The smallest absolute Gasteiger partial charge is 0.253 e. The lowest BCUT2D eigenvalue weighted by Crippen LogP contribution is -2.36. The number of halogens is 1. The summed E-state index contributed by atoms with van der Waals surface area (Å²) < 4.78 is 0. The third-order valence-corrected chi connectivity index (χ3v) is 4.64. The predicted molar refractivity (Wildman–Crippen MR) is 117 cm³/mol. The molecule has 0 saturated heterocycles. The van der Waals surface area contributed by atoms with Crippen molar-refractivity contribution in [2.75, 3.05) is 19.6 Å². The fourth-order valence-corrected chi connectivity index (χ4v) is 2.87. The molecule has 0 aliphatic heterocycles. The molecule has 0 aromatic heterocycles. The first-order chi connectivity index (χ1) is 13.6. The lowest BCUT2D eigenvalue weighted by Gasteiger charge is -2.18. The highest BCUT2D eigenvalue weighted by molar-refractivity contribution is 6.30. The maximum absolute atomic E-state index is 12.4. The summed E-state index contributed by atoms with van der Waals surface area (Å²) in [6.07, 6.45) is 0. The van der Waals surface area contributed by atoms with Crippen LogP contribution in [-0.2, 0) is 13.1 Å². The molecule has 0 aliphatic carbocycles. The third kappa shape index (κ3) is 6.57. The van der Waals surface area contributed by atoms with Crippen molar-refractivity contribution < 1.29 is 4.79 Å². The quantitative estimate of drug-likeness (QED) is 0.518. The molecule has 2 rings (SSSR count). The molecule has 0 aliphatic rings. The molecule has 0 bridgehead atoms. The van der Waals surface area contributed by atoms with Crippen molar-refractivity contribution in [3.05, 3.63) is 70.2 Å². The summed E-state index contributed by atoms with van der Waals surface area (Å²) in [5.41, 5.74) is 2.90. The number of carbonyl (C=O) groups is 1. The van der Waals surface area contributed by atoms with E-state index in [0.29, 0.717) is 31.7 Å². The third-order valence-electron chi connectivity index (χ3n) is 4.39. The molecule has 28 heavy (non-hydrogen) atoms. The Bertz CT molecular complexity index is 768. The predicted octanol–water partition coefficient (Wildman–Crippen LogP) is 4.08. The summed E-state index contributed by atoms with van der Waals surface area (Å²) in [6, 6.07) is 15.4. The van der Waals surface area contributed by atoms with Crippen molar-refractivity contribution in [2.45, 2.75) is 33.9 Å². The Balaban J connectivity index is 1.97. The van der Waals surface area contributed by atoms with E-state index < -0.39 is 0 Å². The second kappa shape index (κ2) is 11.3. The van der Waals surface area contributed by atoms with Gasteiger partial charge in [0.15, 0.2) is 5.96 Å². The average Bonchev–Trinajstić information content (AvgIpc) is 2.72. The standard InChI is InChI=1S/C22H29ClN4O/c1-4-24-22(26-16-18-9-13-20(23)14-10-18)25-15-17-7-11-19(12-8-17)21(28)27(5-2)6-3/h7-14H,4-6,15-16H2,1-3H3,(H2,24,25,26). The molecule has 1 amide bonds. The maximum atomic E-state index is 12.4. The molecule has 0 atom stereocenters. The van der Waals surface area contributed by atoms with Crippen LogP contribution in [0.3, 0.4) is 0 Å². The van der Waals surface area contributed by atoms with Crippen molar-refractivity contribution in [3.63, 3.8) is 0 Å². The lowest BCUT2D eigenvalue weighted by atomic mass is 10.1.